The fraction of sp³-hybridized carbons (Fsp3) is 0.304. The molecule has 0 saturated heterocycles. The summed E-state index contributed by atoms with van der Waals surface area (Å²) in [4.78, 5) is 25.1. The van der Waals surface area contributed by atoms with E-state index in [1.165, 1.54) is 6.42 Å². The molecule has 1 fully saturated rings. The number of carbonyl (C=O) groups is 2. The molecule has 2 aliphatic rings. The number of ether oxygens (including phenoxy) is 3. The number of hydrogen-bond donors (Lipinski definition) is 0. The zero-order valence-corrected chi connectivity index (χ0v) is 17.7. The van der Waals surface area contributed by atoms with Crippen molar-refractivity contribution in [2.24, 2.45) is 5.92 Å². The minimum Gasteiger partial charge on any atom is -0.496 e. The third-order valence-electron chi connectivity index (χ3n) is 5.28. The number of rotatable bonds is 4. The molecular weight excluding hydrogens is 436 g/mol. The molecule has 1 aliphatic heterocycles. The van der Waals surface area contributed by atoms with Gasteiger partial charge in [0.1, 0.15) is 17.2 Å². The molecule has 2 aromatic rings. The summed E-state index contributed by atoms with van der Waals surface area (Å²) in [5.74, 6) is 1.16. The van der Waals surface area contributed by atoms with E-state index in [0.29, 0.717) is 22.8 Å². The molecule has 29 heavy (non-hydrogen) atoms. The topological polar surface area (TPSA) is 61.8 Å². The van der Waals surface area contributed by atoms with Gasteiger partial charge >= 0.3 is 5.97 Å². The van der Waals surface area contributed by atoms with Crippen LogP contribution in [0.25, 0.3) is 6.08 Å². The fourth-order valence-electron chi connectivity index (χ4n) is 3.73. The van der Waals surface area contributed by atoms with E-state index in [4.69, 9.17) is 14.2 Å². The summed E-state index contributed by atoms with van der Waals surface area (Å²) >= 11 is 3.42. The van der Waals surface area contributed by atoms with Crippen molar-refractivity contribution in [3.8, 4) is 17.2 Å². The Morgan fingerprint density at radius 3 is 2.69 bits per heavy atom. The standard InChI is InChI=1S/C23H21BrO5/c1-27-19-10-7-16(24)11-15(19)12-21-22(25)18-9-8-17(13-20(18)29-21)28-23(26)14-5-3-2-4-6-14/h7-14H,2-6H2,1H3. The Morgan fingerprint density at radius 1 is 1.14 bits per heavy atom. The SMILES string of the molecule is COc1ccc(Br)cc1C=C1Oc2cc(OC(=O)C3CCCCC3)ccc2C1=O. The molecule has 1 saturated carbocycles. The fourth-order valence-corrected chi connectivity index (χ4v) is 4.11. The van der Waals surface area contributed by atoms with Crippen LogP contribution in [0.15, 0.2) is 46.6 Å². The number of ketones is 1. The van der Waals surface area contributed by atoms with E-state index in [1.807, 2.05) is 18.2 Å². The van der Waals surface area contributed by atoms with E-state index in [-0.39, 0.29) is 23.4 Å². The molecule has 0 aromatic heterocycles. The van der Waals surface area contributed by atoms with Crippen molar-refractivity contribution in [3.63, 3.8) is 0 Å². The molecule has 0 amide bonds. The van der Waals surface area contributed by atoms with Gasteiger partial charge in [-0.15, -0.1) is 0 Å². The molecule has 0 atom stereocenters. The zero-order chi connectivity index (χ0) is 20.4. The van der Waals surface area contributed by atoms with Crippen molar-refractivity contribution in [1.82, 2.24) is 0 Å². The first-order valence-electron chi connectivity index (χ1n) is 9.68. The molecule has 2 aromatic carbocycles. The van der Waals surface area contributed by atoms with Crippen LogP contribution in [0.1, 0.15) is 48.0 Å². The monoisotopic (exact) mass is 456 g/mol. The van der Waals surface area contributed by atoms with Crippen LogP contribution in [-0.2, 0) is 4.79 Å². The number of Topliss-reactive ketones (excluding diaryl/α,β-unsaturated/α-hetero) is 1. The Balaban J connectivity index is 1.54. The Morgan fingerprint density at radius 2 is 1.93 bits per heavy atom. The lowest BCUT2D eigenvalue weighted by Gasteiger charge is -2.19. The Hall–Kier alpha value is -2.60. The summed E-state index contributed by atoms with van der Waals surface area (Å²) in [7, 11) is 1.57. The van der Waals surface area contributed by atoms with E-state index >= 15 is 0 Å². The molecule has 4 rings (SSSR count). The predicted octanol–water partition coefficient (Wildman–Crippen LogP) is 5.56. The highest BCUT2D eigenvalue weighted by Gasteiger charge is 2.29. The highest BCUT2D eigenvalue weighted by Crippen LogP contribution is 2.36. The first kappa shape index (κ1) is 19.7. The lowest BCUT2D eigenvalue weighted by molar-refractivity contribution is -0.139. The summed E-state index contributed by atoms with van der Waals surface area (Å²) in [6.07, 6.45) is 6.71. The lowest BCUT2D eigenvalue weighted by atomic mass is 9.89. The molecule has 0 N–H and O–H groups in total. The smallest absolute Gasteiger partial charge is 0.314 e. The lowest BCUT2D eigenvalue weighted by Crippen LogP contribution is -2.22. The van der Waals surface area contributed by atoms with Crippen LogP contribution in [0, 0.1) is 5.92 Å². The molecule has 6 heteroatoms. The van der Waals surface area contributed by atoms with Crippen LogP contribution < -0.4 is 14.2 Å². The third-order valence-corrected chi connectivity index (χ3v) is 5.77. The van der Waals surface area contributed by atoms with Gasteiger partial charge in [0.15, 0.2) is 5.76 Å². The second kappa shape index (κ2) is 8.41. The van der Waals surface area contributed by atoms with E-state index in [1.54, 1.807) is 31.4 Å². The number of fused-ring (bicyclic) bond motifs is 1. The molecule has 0 spiro atoms. The largest absolute Gasteiger partial charge is 0.496 e. The van der Waals surface area contributed by atoms with Crippen LogP contribution in [0.3, 0.4) is 0 Å². The Bertz CT molecular complexity index is 989. The van der Waals surface area contributed by atoms with E-state index < -0.39 is 0 Å². The molecule has 5 nitrogen and oxygen atoms in total. The van der Waals surface area contributed by atoms with E-state index in [2.05, 4.69) is 15.9 Å². The number of hydrogen-bond acceptors (Lipinski definition) is 5. The van der Waals surface area contributed by atoms with Gasteiger partial charge in [-0.05, 0) is 49.2 Å². The molecule has 0 radical (unpaired) electrons. The van der Waals surface area contributed by atoms with Gasteiger partial charge in [-0.25, -0.2) is 0 Å². The number of esters is 1. The molecule has 1 aliphatic carbocycles. The van der Waals surface area contributed by atoms with Crippen LogP contribution in [0.4, 0.5) is 0 Å². The van der Waals surface area contributed by atoms with Crippen molar-refractivity contribution < 1.29 is 23.8 Å². The van der Waals surface area contributed by atoms with E-state index in [0.717, 1.165) is 35.7 Å². The normalized spacial score (nSPS) is 17.7. The summed E-state index contributed by atoms with van der Waals surface area (Å²) < 4.78 is 17.5. The van der Waals surface area contributed by atoms with Crippen molar-refractivity contribution >= 4 is 33.8 Å². The summed E-state index contributed by atoms with van der Waals surface area (Å²) in [6, 6.07) is 10.4. The average Bonchev–Trinajstić information content (AvgIpc) is 3.03. The van der Waals surface area contributed by atoms with Crippen LogP contribution >= 0.6 is 15.9 Å². The number of methoxy groups -OCH3 is 1. The molecule has 1 heterocycles. The predicted molar refractivity (Wildman–Crippen MR) is 112 cm³/mol. The number of benzene rings is 2. The summed E-state index contributed by atoms with van der Waals surface area (Å²) in [6.45, 7) is 0. The van der Waals surface area contributed by atoms with Gasteiger partial charge in [-0.3, -0.25) is 9.59 Å². The van der Waals surface area contributed by atoms with Crippen molar-refractivity contribution in [2.45, 2.75) is 32.1 Å². The van der Waals surface area contributed by atoms with Crippen LogP contribution in [0.5, 0.6) is 17.2 Å². The van der Waals surface area contributed by atoms with Crippen LogP contribution in [-0.4, -0.2) is 18.9 Å². The maximum Gasteiger partial charge on any atom is 0.314 e. The summed E-state index contributed by atoms with van der Waals surface area (Å²) in [5, 5.41) is 0. The van der Waals surface area contributed by atoms with Crippen molar-refractivity contribution in [2.75, 3.05) is 7.11 Å². The molecule has 0 bridgehead atoms. The average molecular weight is 457 g/mol. The van der Waals surface area contributed by atoms with Gasteiger partial charge in [0.05, 0.1) is 18.6 Å². The van der Waals surface area contributed by atoms with Gasteiger partial charge in [-0.2, -0.15) is 0 Å². The zero-order valence-electron chi connectivity index (χ0n) is 16.1. The molecule has 150 valence electrons. The Labute approximate surface area is 177 Å². The molecule has 0 unspecified atom stereocenters. The van der Waals surface area contributed by atoms with Crippen molar-refractivity contribution in [1.29, 1.82) is 0 Å². The minimum absolute atomic E-state index is 0.0426. The second-order valence-corrected chi connectivity index (χ2v) is 8.16. The Kier molecular flexibility index (Phi) is 5.72. The number of carbonyl (C=O) groups excluding carboxylic acids is 2. The third kappa shape index (κ3) is 4.22. The van der Waals surface area contributed by atoms with Gasteiger partial charge in [0.25, 0.3) is 0 Å². The number of allylic oxidation sites excluding steroid dienone is 1. The first-order valence-corrected chi connectivity index (χ1v) is 10.5. The van der Waals surface area contributed by atoms with Crippen molar-refractivity contribution in [3.05, 3.63) is 57.8 Å². The van der Waals surface area contributed by atoms with Gasteiger partial charge in [-0.1, -0.05) is 35.2 Å². The maximum atomic E-state index is 12.7. The van der Waals surface area contributed by atoms with Gasteiger partial charge < -0.3 is 14.2 Å². The molecular formula is C23H21BrO5. The quantitative estimate of drug-likeness (QED) is 0.342. The minimum atomic E-state index is -0.216. The number of halogens is 1. The highest BCUT2D eigenvalue weighted by atomic mass is 79.9. The summed E-state index contributed by atoms with van der Waals surface area (Å²) in [5.41, 5.74) is 1.17. The van der Waals surface area contributed by atoms with Crippen LogP contribution in [0.2, 0.25) is 0 Å². The van der Waals surface area contributed by atoms with E-state index in [9.17, 15) is 9.59 Å². The maximum absolute atomic E-state index is 12.7. The van der Waals surface area contributed by atoms with Gasteiger partial charge in [0.2, 0.25) is 5.78 Å². The first-order chi connectivity index (χ1) is 14.0. The highest BCUT2D eigenvalue weighted by molar-refractivity contribution is 9.10. The second-order valence-electron chi connectivity index (χ2n) is 7.24. The van der Waals surface area contributed by atoms with Gasteiger partial charge in [0, 0.05) is 16.1 Å².